The van der Waals surface area contributed by atoms with Crippen molar-refractivity contribution in [2.24, 2.45) is 0 Å². The SMILES string of the molecule is CC(=O)CC1Cc2c(F)cccc2N1C(C)C. The number of hydrogen-bond donors (Lipinski definition) is 0. The summed E-state index contributed by atoms with van der Waals surface area (Å²) >= 11 is 0. The number of halogens is 1. The molecule has 0 bridgehead atoms. The van der Waals surface area contributed by atoms with Crippen molar-refractivity contribution in [1.82, 2.24) is 0 Å². The molecule has 0 aromatic heterocycles. The molecule has 0 aliphatic carbocycles. The minimum absolute atomic E-state index is 0.111. The van der Waals surface area contributed by atoms with E-state index in [0.717, 1.165) is 11.3 Å². The van der Waals surface area contributed by atoms with Gasteiger partial charge in [0.25, 0.3) is 0 Å². The Morgan fingerprint density at radius 1 is 1.53 bits per heavy atom. The van der Waals surface area contributed by atoms with Crippen LogP contribution in [0.1, 0.15) is 32.8 Å². The fourth-order valence-corrected chi connectivity index (χ4v) is 2.72. The molecule has 92 valence electrons. The van der Waals surface area contributed by atoms with Crippen LogP contribution in [0, 0.1) is 5.82 Å². The number of ketones is 1. The van der Waals surface area contributed by atoms with Crippen molar-refractivity contribution >= 4 is 11.5 Å². The summed E-state index contributed by atoms with van der Waals surface area (Å²) in [4.78, 5) is 13.4. The van der Waals surface area contributed by atoms with E-state index in [1.165, 1.54) is 6.07 Å². The monoisotopic (exact) mass is 235 g/mol. The summed E-state index contributed by atoms with van der Waals surface area (Å²) in [6.07, 6.45) is 1.13. The fourth-order valence-electron chi connectivity index (χ4n) is 2.72. The molecule has 0 spiro atoms. The number of benzene rings is 1. The molecule has 1 unspecified atom stereocenters. The van der Waals surface area contributed by atoms with Crippen LogP contribution in [0.2, 0.25) is 0 Å². The van der Waals surface area contributed by atoms with Crippen LogP contribution in [0.4, 0.5) is 10.1 Å². The second kappa shape index (κ2) is 4.47. The summed E-state index contributed by atoms with van der Waals surface area (Å²) in [5, 5.41) is 0. The average Bonchev–Trinajstić information content (AvgIpc) is 2.56. The first-order valence-corrected chi connectivity index (χ1v) is 6.06. The molecule has 0 saturated carbocycles. The predicted octanol–water partition coefficient (Wildman–Crippen LogP) is 2.94. The quantitative estimate of drug-likeness (QED) is 0.802. The van der Waals surface area contributed by atoms with E-state index in [9.17, 15) is 9.18 Å². The van der Waals surface area contributed by atoms with Gasteiger partial charge >= 0.3 is 0 Å². The number of fused-ring (bicyclic) bond motifs is 1. The number of rotatable bonds is 3. The van der Waals surface area contributed by atoms with Crippen molar-refractivity contribution in [3.63, 3.8) is 0 Å². The van der Waals surface area contributed by atoms with Crippen molar-refractivity contribution in [2.75, 3.05) is 4.90 Å². The molecule has 3 heteroatoms. The number of Topliss-reactive ketones (excluding diaryl/α,β-unsaturated/α-hetero) is 1. The molecular weight excluding hydrogens is 217 g/mol. The minimum atomic E-state index is -0.154. The van der Waals surface area contributed by atoms with E-state index in [4.69, 9.17) is 0 Å². The van der Waals surface area contributed by atoms with Crippen molar-refractivity contribution in [1.29, 1.82) is 0 Å². The Morgan fingerprint density at radius 2 is 2.24 bits per heavy atom. The maximum Gasteiger partial charge on any atom is 0.131 e. The molecule has 1 aromatic rings. The Bertz CT molecular complexity index is 442. The highest BCUT2D eigenvalue weighted by atomic mass is 19.1. The van der Waals surface area contributed by atoms with Crippen LogP contribution >= 0.6 is 0 Å². The van der Waals surface area contributed by atoms with Crippen molar-refractivity contribution in [3.05, 3.63) is 29.6 Å². The maximum atomic E-state index is 13.7. The number of hydrogen-bond acceptors (Lipinski definition) is 2. The van der Waals surface area contributed by atoms with Crippen LogP contribution in [0.3, 0.4) is 0 Å². The third kappa shape index (κ3) is 2.19. The summed E-state index contributed by atoms with van der Waals surface area (Å²) in [6.45, 7) is 5.75. The molecule has 1 aliphatic heterocycles. The maximum absolute atomic E-state index is 13.7. The molecule has 2 nitrogen and oxygen atoms in total. The molecule has 1 aromatic carbocycles. The molecule has 0 amide bonds. The van der Waals surface area contributed by atoms with E-state index in [1.807, 2.05) is 6.07 Å². The van der Waals surface area contributed by atoms with Crippen molar-refractivity contribution < 1.29 is 9.18 Å². The standard InChI is InChI=1S/C14H18FNO/c1-9(2)16-11(7-10(3)17)8-12-13(15)5-4-6-14(12)16/h4-6,9,11H,7-8H2,1-3H3. The summed E-state index contributed by atoms with van der Waals surface area (Å²) in [5.41, 5.74) is 1.71. The summed E-state index contributed by atoms with van der Waals surface area (Å²) in [5.74, 6) is 0.00747. The van der Waals surface area contributed by atoms with Gasteiger partial charge in [-0.05, 0) is 39.3 Å². The molecule has 17 heavy (non-hydrogen) atoms. The molecule has 1 aliphatic rings. The molecule has 1 heterocycles. The van der Waals surface area contributed by atoms with E-state index in [2.05, 4.69) is 18.7 Å². The fraction of sp³-hybridized carbons (Fsp3) is 0.500. The van der Waals surface area contributed by atoms with E-state index >= 15 is 0 Å². The Kier molecular flexibility index (Phi) is 3.18. The molecule has 0 radical (unpaired) electrons. The zero-order valence-electron chi connectivity index (χ0n) is 10.5. The van der Waals surface area contributed by atoms with Gasteiger partial charge in [-0.25, -0.2) is 4.39 Å². The van der Waals surface area contributed by atoms with Gasteiger partial charge < -0.3 is 4.90 Å². The highest BCUT2D eigenvalue weighted by Crippen LogP contribution is 2.36. The zero-order valence-corrected chi connectivity index (χ0v) is 10.5. The van der Waals surface area contributed by atoms with Gasteiger partial charge in [0.2, 0.25) is 0 Å². The first-order valence-electron chi connectivity index (χ1n) is 6.06. The van der Waals surface area contributed by atoms with Crippen molar-refractivity contribution in [3.8, 4) is 0 Å². The first kappa shape index (κ1) is 12.1. The average molecular weight is 235 g/mol. The lowest BCUT2D eigenvalue weighted by atomic mass is 10.1. The van der Waals surface area contributed by atoms with Crippen LogP contribution in [0.25, 0.3) is 0 Å². The van der Waals surface area contributed by atoms with Crippen LogP contribution < -0.4 is 4.90 Å². The third-order valence-electron chi connectivity index (χ3n) is 3.28. The summed E-state index contributed by atoms with van der Waals surface area (Å²) in [7, 11) is 0. The Hall–Kier alpha value is -1.38. The van der Waals surface area contributed by atoms with Crippen LogP contribution in [-0.4, -0.2) is 17.9 Å². The van der Waals surface area contributed by atoms with Gasteiger partial charge in [-0.15, -0.1) is 0 Å². The zero-order chi connectivity index (χ0) is 12.6. The molecular formula is C14H18FNO. The highest BCUT2D eigenvalue weighted by Gasteiger charge is 2.33. The predicted molar refractivity (Wildman–Crippen MR) is 66.8 cm³/mol. The van der Waals surface area contributed by atoms with Gasteiger partial charge in [0, 0.05) is 29.8 Å². The number of anilines is 1. The second-order valence-electron chi connectivity index (χ2n) is 5.00. The van der Waals surface area contributed by atoms with Gasteiger partial charge in [0.15, 0.2) is 0 Å². The number of nitrogens with zero attached hydrogens (tertiary/aromatic N) is 1. The Morgan fingerprint density at radius 3 is 2.82 bits per heavy atom. The highest BCUT2D eigenvalue weighted by molar-refractivity contribution is 5.77. The van der Waals surface area contributed by atoms with E-state index in [-0.39, 0.29) is 23.7 Å². The van der Waals surface area contributed by atoms with Gasteiger partial charge in [-0.2, -0.15) is 0 Å². The first-order chi connectivity index (χ1) is 8.00. The van der Waals surface area contributed by atoms with E-state index in [1.54, 1.807) is 13.0 Å². The molecule has 0 saturated heterocycles. The topological polar surface area (TPSA) is 20.3 Å². The minimum Gasteiger partial charge on any atom is -0.365 e. The van der Waals surface area contributed by atoms with Gasteiger partial charge in [0.05, 0.1) is 0 Å². The Balaban J connectivity index is 2.37. The lowest BCUT2D eigenvalue weighted by Gasteiger charge is -2.31. The van der Waals surface area contributed by atoms with Crippen LogP contribution in [0.5, 0.6) is 0 Å². The number of carbonyl (C=O) groups excluding carboxylic acids is 1. The molecule has 0 N–H and O–H groups in total. The molecule has 1 atom stereocenters. The van der Waals surface area contributed by atoms with Crippen LogP contribution in [0.15, 0.2) is 18.2 Å². The van der Waals surface area contributed by atoms with Gasteiger partial charge in [-0.3, -0.25) is 4.79 Å². The van der Waals surface area contributed by atoms with Crippen molar-refractivity contribution in [2.45, 2.75) is 45.7 Å². The molecule has 0 fully saturated rings. The number of carbonyl (C=O) groups is 1. The van der Waals surface area contributed by atoms with E-state index in [0.29, 0.717) is 12.8 Å². The second-order valence-corrected chi connectivity index (χ2v) is 5.00. The lowest BCUT2D eigenvalue weighted by Crippen LogP contribution is -2.38. The van der Waals surface area contributed by atoms with Gasteiger partial charge in [0.1, 0.15) is 11.6 Å². The largest absolute Gasteiger partial charge is 0.365 e. The Labute approximate surface area is 101 Å². The molecule has 2 rings (SSSR count). The van der Waals surface area contributed by atoms with Crippen LogP contribution in [-0.2, 0) is 11.2 Å². The summed E-state index contributed by atoms with van der Waals surface area (Å²) in [6, 6.07) is 5.56. The van der Waals surface area contributed by atoms with E-state index < -0.39 is 0 Å². The summed E-state index contributed by atoms with van der Waals surface area (Å²) < 4.78 is 13.7. The smallest absolute Gasteiger partial charge is 0.131 e. The lowest BCUT2D eigenvalue weighted by molar-refractivity contribution is -0.117. The van der Waals surface area contributed by atoms with Gasteiger partial charge in [-0.1, -0.05) is 6.07 Å². The third-order valence-corrected chi connectivity index (χ3v) is 3.28. The normalized spacial score (nSPS) is 18.6.